The minimum absolute atomic E-state index is 0.104. The maximum Gasteiger partial charge on any atom is 0.407 e. The lowest BCUT2D eigenvalue weighted by molar-refractivity contribution is -0.152. The molecular weight excluding hydrogens is 448 g/mol. The Morgan fingerprint density at radius 1 is 1.03 bits per heavy atom. The molecule has 2 aliphatic rings. The van der Waals surface area contributed by atoms with Crippen LogP contribution in [0.5, 0.6) is 0 Å². The SMILES string of the molecule is CC(C)(C)[C@H](NC(=O)OCC1c2ccccc2-c2ccccc21)C(=O)NC1(C(=O)O)CCOCC1. The summed E-state index contributed by atoms with van der Waals surface area (Å²) in [7, 11) is 0. The van der Waals surface area contributed by atoms with Gasteiger partial charge in [-0.25, -0.2) is 9.59 Å². The third-order valence-electron chi connectivity index (χ3n) is 6.85. The summed E-state index contributed by atoms with van der Waals surface area (Å²) in [6, 6.07) is 15.1. The van der Waals surface area contributed by atoms with Crippen molar-refractivity contribution in [1.82, 2.24) is 10.6 Å². The van der Waals surface area contributed by atoms with Crippen molar-refractivity contribution in [3.63, 3.8) is 0 Å². The van der Waals surface area contributed by atoms with Crippen LogP contribution in [0.25, 0.3) is 11.1 Å². The van der Waals surface area contributed by atoms with Crippen molar-refractivity contribution in [3.05, 3.63) is 59.7 Å². The zero-order chi connectivity index (χ0) is 25.2. The number of amides is 2. The summed E-state index contributed by atoms with van der Waals surface area (Å²) in [5.41, 5.74) is 2.34. The summed E-state index contributed by atoms with van der Waals surface area (Å²) in [5.74, 6) is -1.77. The van der Waals surface area contributed by atoms with Crippen LogP contribution in [0.15, 0.2) is 48.5 Å². The Bertz CT molecular complexity index is 1070. The van der Waals surface area contributed by atoms with Gasteiger partial charge in [-0.3, -0.25) is 4.79 Å². The van der Waals surface area contributed by atoms with Crippen LogP contribution in [0.1, 0.15) is 50.7 Å². The van der Waals surface area contributed by atoms with E-state index in [1.54, 1.807) is 20.8 Å². The quantitative estimate of drug-likeness (QED) is 0.581. The van der Waals surface area contributed by atoms with Crippen LogP contribution in [-0.2, 0) is 19.1 Å². The van der Waals surface area contributed by atoms with Crippen LogP contribution < -0.4 is 10.6 Å². The van der Waals surface area contributed by atoms with Crippen LogP contribution in [-0.4, -0.2) is 54.5 Å². The van der Waals surface area contributed by atoms with E-state index in [0.29, 0.717) is 0 Å². The average molecular weight is 481 g/mol. The van der Waals surface area contributed by atoms with E-state index in [0.717, 1.165) is 22.3 Å². The molecule has 186 valence electrons. The number of rotatable bonds is 6. The maximum atomic E-state index is 13.2. The molecule has 1 aliphatic heterocycles. The predicted molar refractivity (Wildman–Crippen MR) is 130 cm³/mol. The number of fused-ring (bicyclic) bond motifs is 3. The Morgan fingerprint density at radius 2 is 1.57 bits per heavy atom. The summed E-state index contributed by atoms with van der Waals surface area (Å²) in [6.45, 7) is 6.02. The molecule has 2 aromatic carbocycles. The summed E-state index contributed by atoms with van der Waals surface area (Å²) in [4.78, 5) is 38.0. The highest BCUT2D eigenvalue weighted by Gasteiger charge is 2.45. The van der Waals surface area contributed by atoms with E-state index in [9.17, 15) is 19.5 Å². The number of benzene rings is 2. The number of carboxylic acid groups (broad SMARTS) is 1. The molecule has 1 atom stereocenters. The standard InChI is InChI=1S/C27H32N2O6/c1-26(2,3)22(23(30)29-27(24(31)32)12-14-34-15-13-27)28-25(33)35-16-21-19-10-6-4-8-17(19)18-9-5-7-11-20(18)21/h4-11,21-22H,12-16H2,1-3H3,(H,28,33)(H,29,30)(H,31,32)/t22-/m1/s1. The van der Waals surface area contributed by atoms with Gasteiger partial charge in [0.2, 0.25) is 5.91 Å². The van der Waals surface area contributed by atoms with Crippen LogP contribution in [0.2, 0.25) is 0 Å². The molecule has 2 amide bonds. The fourth-order valence-electron chi connectivity index (χ4n) is 4.85. The molecular formula is C27H32N2O6. The first kappa shape index (κ1) is 24.7. The summed E-state index contributed by atoms with van der Waals surface area (Å²) in [5, 5.41) is 15.1. The number of carbonyl (C=O) groups is 3. The van der Waals surface area contributed by atoms with E-state index in [1.165, 1.54) is 0 Å². The monoisotopic (exact) mass is 480 g/mol. The van der Waals surface area contributed by atoms with Crippen molar-refractivity contribution in [2.45, 2.75) is 51.1 Å². The average Bonchev–Trinajstić information content (AvgIpc) is 3.14. The molecule has 3 N–H and O–H groups in total. The van der Waals surface area contributed by atoms with Gasteiger partial charge in [0.05, 0.1) is 0 Å². The summed E-state index contributed by atoms with van der Waals surface area (Å²) < 4.78 is 10.9. The molecule has 1 fully saturated rings. The van der Waals surface area contributed by atoms with E-state index in [4.69, 9.17) is 9.47 Å². The number of alkyl carbamates (subject to hydrolysis) is 1. The molecule has 0 spiro atoms. The van der Waals surface area contributed by atoms with Gasteiger partial charge < -0.3 is 25.2 Å². The van der Waals surface area contributed by atoms with Crippen LogP contribution in [0.3, 0.4) is 0 Å². The second kappa shape index (κ2) is 9.70. The van der Waals surface area contributed by atoms with Crippen LogP contribution in [0.4, 0.5) is 4.79 Å². The van der Waals surface area contributed by atoms with Gasteiger partial charge in [0.1, 0.15) is 18.2 Å². The molecule has 8 heteroatoms. The van der Waals surface area contributed by atoms with Gasteiger partial charge in [-0.15, -0.1) is 0 Å². The van der Waals surface area contributed by atoms with E-state index < -0.39 is 35.0 Å². The van der Waals surface area contributed by atoms with Gasteiger partial charge in [0, 0.05) is 32.0 Å². The first-order valence-corrected chi connectivity index (χ1v) is 11.9. The van der Waals surface area contributed by atoms with E-state index in [1.807, 2.05) is 36.4 Å². The summed E-state index contributed by atoms with van der Waals surface area (Å²) >= 11 is 0. The van der Waals surface area contributed by atoms with Gasteiger partial charge in [-0.2, -0.15) is 0 Å². The number of hydrogen-bond acceptors (Lipinski definition) is 5. The molecule has 1 heterocycles. The first-order valence-electron chi connectivity index (χ1n) is 11.9. The fourth-order valence-corrected chi connectivity index (χ4v) is 4.85. The third kappa shape index (κ3) is 5.03. The second-order valence-electron chi connectivity index (χ2n) is 10.3. The Labute approximate surface area is 205 Å². The molecule has 0 radical (unpaired) electrons. The number of ether oxygens (including phenoxy) is 2. The molecule has 4 rings (SSSR count). The Morgan fingerprint density at radius 3 is 2.09 bits per heavy atom. The molecule has 1 saturated heterocycles. The zero-order valence-electron chi connectivity index (χ0n) is 20.3. The van der Waals surface area contributed by atoms with Crippen molar-refractivity contribution in [2.24, 2.45) is 5.41 Å². The third-order valence-corrected chi connectivity index (χ3v) is 6.85. The largest absolute Gasteiger partial charge is 0.480 e. The molecule has 2 aromatic rings. The van der Waals surface area contributed by atoms with E-state index >= 15 is 0 Å². The highest BCUT2D eigenvalue weighted by atomic mass is 16.5. The summed E-state index contributed by atoms with van der Waals surface area (Å²) in [6.07, 6.45) is -0.399. The molecule has 35 heavy (non-hydrogen) atoms. The van der Waals surface area contributed by atoms with Crippen molar-refractivity contribution >= 4 is 18.0 Å². The molecule has 0 saturated carbocycles. The lowest BCUT2D eigenvalue weighted by Crippen LogP contribution is -2.63. The molecule has 8 nitrogen and oxygen atoms in total. The molecule has 0 unspecified atom stereocenters. The lowest BCUT2D eigenvalue weighted by Gasteiger charge is -2.37. The van der Waals surface area contributed by atoms with Gasteiger partial charge in [-0.1, -0.05) is 69.3 Å². The lowest BCUT2D eigenvalue weighted by atomic mass is 9.84. The molecule has 0 aromatic heterocycles. The van der Waals surface area contributed by atoms with Crippen LogP contribution >= 0.6 is 0 Å². The molecule has 1 aliphatic carbocycles. The van der Waals surface area contributed by atoms with Gasteiger partial charge in [0.15, 0.2) is 0 Å². The fraction of sp³-hybridized carbons (Fsp3) is 0.444. The Balaban J connectivity index is 1.45. The number of carbonyl (C=O) groups excluding carboxylic acids is 2. The Hall–Kier alpha value is -3.39. The molecule has 0 bridgehead atoms. The normalized spacial score (nSPS) is 17.6. The van der Waals surface area contributed by atoms with Crippen molar-refractivity contribution < 1.29 is 29.0 Å². The van der Waals surface area contributed by atoms with Gasteiger partial charge >= 0.3 is 12.1 Å². The Kier molecular flexibility index (Phi) is 6.85. The van der Waals surface area contributed by atoms with Crippen molar-refractivity contribution in [2.75, 3.05) is 19.8 Å². The predicted octanol–water partition coefficient (Wildman–Crippen LogP) is 3.69. The minimum Gasteiger partial charge on any atom is -0.480 e. The number of hydrogen-bond donors (Lipinski definition) is 3. The number of aliphatic carboxylic acids is 1. The number of nitrogens with one attached hydrogen (secondary N) is 2. The minimum atomic E-state index is -1.41. The van der Waals surface area contributed by atoms with Gasteiger partial charge in [0.25, 0.3) is 0 Å². The maximum absolute atomic E-state index is 13.2. The number of carboxylic acids is 1. The highest BCUT2D eigenvalue weighted by Crippen LogP contribution is 2.44. The first-order chi connectivity index (χ1) is 16.6. The van der Waals surface area contributed by atoms with E-state index in [2.05, 4.69) is 22.8 Å². The van der Waals surface area contributed by atoms with Gasteiger partial charge in [-0.05, 0) is 27.7 Å². The van der Waals surface area contributed by atoms with Crippen molar-refractivity contribution in [3.8, 4) is 11.1 Å². The van der Waals surface area contributed by atoms with Crippen LogP contribution in [0, 0.1) is 5.41 Å². The topological polar surface area (TPSA) is 114 Å². The van der Waals surface area contributed by atoms with E-state index in [-0.39, 0.29) is 38.6 Å². The second-order valence-corrected chi connectivity index (χ2v) is 10.3. The van der Waals surface area contributed by atoms with Crippen molar-refractivity contribution in [1.29, 1.82) is 0 Å². The smallest absolute Gasteiger partial charge is 0.407 e. The highest BCUT2D eigenvalue weighted by molar-refractivity contribution is 5.92. The zero-order valence-corrected chi connectivity index (χ0v) is 20.3.